The molecule has 3 aromatic rings. The van der Waals surface area contributed by atoms with E-state index in [1.54, 1.807) is 0 Å². The smallest absolute Gasteiger partial charge is 0.0456 e. The van der Waals surface area contributed by atoms with Crippen molar-refractivity contribution in [1.82, 2.24) is 10.3 Å². The second-order valence-electron chi connectivity index (χ2n) is 6.68. The molecule has 0 radical (unpaired) electrons. The van der Waals surface area contributed by atoms with Crippen LogP contribution >= 0.6 is 0 Å². The van der Waals surface area contributed by atoms with Gasteiger partial charge >= 0.3 is 0 Å². The van der Waals surface area contributed by atoms with Crippen LogP contribution in [0.1, 0.15) is 25.0 Å². The first-order chi connectivity index (χ1) is 11.2. The van der Waals surface area contributed by atoms with E-state index in [0.717, 1.165) is 19.5 Å². The highest BCUT2D eigenvalue weighted by Gasteiger charge is 2.16. The summed E-state index contributed by atoms with van der Waals surface area (Å²) in [5.74, 6) is 1.30. The van der Waals surface area contributed by atoms with Gasteiger partial charge in [-0.15, -0.1) is 0 Å². The summed E-state index contributed by atoms with van der Waals surface area (Å²) < 4.78 is 0. The molecule has 2 aromatic carbocycles. The van der Waals surface area contributed by atoms with E-state index in [4.69, 9.17) is 0 Å². The zero-order valence-electron chi connectivity index (χ0n) is 14.0. The maximum atomic E-state index is 3.63. The van der Waals surface area contributed by atoms with Crippen molar-refractivity contribution in [2.45, 2.75) is 26.8 Å². The van der Waals surface area contributed by atoms with Gasteiger partial charge in [0.25, 0.3) is 0 Å². The molecule has 2 N–H and O–H groups in total. The van der Waals surface area contributed by atoms with Crippen molar-refractivity contribution in [2.24, 2.45) is 11.8 Å². The minimum absolute atomic E-state index is 0.637. The van der Waals surface area contributed by atoms with Gasteiger partial charge in [0.05, 0.1) is 0 Å². The average Bonchev–Trinajstić information content (AvgIpc) is 2.98. The number of nitrogens with one attached hydrogen (secondary N) is 2. The standard InChI is InChI=1S/C21H26N2/c1-16(2)18(14-22-13-17-8-4-3-5-9-17)12-19-15-23-21-11-7-6-10-20(19)21/h3-11,15-16,18,22-23H,12-14H2,1-2H3/t18-/m1/s1. The number of aromatic nitrogens is 1. The molecule has 2 heteroatoms. The van der Waals surface area contributed by atoms with Crippen molar-refractivity contribution in [3.05, 3.63) is 71.9 Å². The Morgan fingerprint density at radius 3 is 2.48 bits per heavy atom. The van der Waals surface area contributed by atoms with Crippen molar-refractivity contribution in [1.29, 1.82) is 0 Å². The normalized spacial score (nSPS) is 12.8. The Bertz CT molecular complexity index is 728. The van der Waals surface area contributed by atoms with Crippen LogP contribution in [0.3, 0.4) is 0 Å². The monoisotopic (exact) mass is 306 g/mol. The lowest BCUT2D eigenvalue weighted by Gasteiger charge is -2.21. The third kappa shape index (κ3) is 4.02. The number of hydrogen-bond acceptors (Lipinski definition) is 1. The van der Waals surface area contributed by atoms with Crippen molar-refractivity contribution < 1.29 is 0 Å². The van der Waals surface area contributed by atoms with Crippen LogP contribution < -0.4 is 5.32 Å². The van der Waals surface area contributed by atoms with E-state index < -0.39 is 0 Å². The van der Waals surface area contributed by atoms with Crippen molar-refractivity contribution in [2.75, 3.05) is 6.54 Å². The third-order valence-electron chi connectivity index (χ3n) is 4.68. The van der Waals surface area contributed by atoms with Gasteiger partial charge in [-0.1, -0.05) is 62.4 Å². The van der Waals surface area contributed by atoms with Gasteiger partial charge in [0.1, 0.15) is 0 Å². The van der Waals surface area contributed by atoms with Crippen LogP contribution in [0, 0.1) is 11.8 Å². The molecule has 0 aliphatic rings. The zero-order valence-corrected chi connectivity index (χ0v) is 14.0. The van der Waals surface area contributed by atoms with Crippen LogP contribution in [-0.2, 0) is 13.0 Å². The molecule has 3 rings (SSSR count). The molecule has 120 valence electrons. The minimum atomic E-state index is 0.637. The maximum absolute atomic E-state index is 3.63. The van der Waals surface area contributed by atoms with E-state index in [1.807, 2.05) is 0 Å². The first-order valence-corrected chi connectivity index (χ1v) is 8.53. The van der Waals surface area contributed by atoms with E-state index >= 15 is 0 Å². The Kier molecular flexibility index (Phi) is 5.14. The summed E-state index contributed by atoms with van der Waals surface area (Å²) in [6.45, 7) is 6.64. The van der Waals surface area contributed by atoms with Crippen LogP contribution in [0.5, 0.6) is 0 Å². The summed E-state index contributed by atoms with van der Waals surface area (Å²) in [7, 11) is 0. The molecule has 1 heterocycles. The molecule has 1 aromatic heterocycles. The molecule has 0 aliphatic heterocycles. The molecule has 0 aliphatic carbocycles. The van der Waals surface area contributed by atoms with E-state index in [0.29, 0.717) is 11.8 Å². The molecule has 0 saturated carbocycles. The fourth-order valence-corrected chi connectivity index (χ4v) is 3.12. The Balaban J connectivity index is 1.63. The fraction of sp³-hybridized carbons (Fsp3) is 0.333. The van der Waals surface area contributed by atoms with E-state index in [-0.39, 0.29) is 0 Å². The summed E-state index contributed by atoms with van der Waals surface area (Å²) in [6.07, 6.45) is 3.29. The zero-order chi connectivity index (χ0) is 16.1. The van der Waals surface area contributed by atoms with Gasteiger partial charge in [-0.25, -0.2) is 0 Å². The van der Waals surface area contributed by atoms with Crippen LogP contribution in [0.25, 0.3) is 10.9 Å². The molecular weight excluding hydrogens is 280 g/mol. The predicted molar refractivity (Wildman–Crippen MR) is 98.5 cm³/mol. The lowest BCUT2D eigenvalue weighted by atomic mass is 9.89. The fourth-order valence-electron chi connectivity index (χ4n) is 3.12. The summed E-state index contributed by atoms with van der Waals surface area (Å²) in [5.41, 5.74) is 4.02. The molecular formula is C21H26N2. The van der Waals surface area contributed by atoms with Gasteiger partial charge in [0, 0.05) is 23.6 Å². The van der Waals surface area contributed by atoms with Crippen LogP contribution in [0.4, 0.5) is 0 Å². The highest BCUT2D eigenvalue weighted by Crippen LogP contribution is 2.23. The highest BCUT2D eigenvalue weighted by atomic mass is 14.9. The van der Waals surface area contributed by atoms with Crippen LogP contribution in [-0.4, -0.2) is 11.5 Å². The summed E-state index contributed by atoms with van der Waals surface area (Å²) in [4.78, 5) is 3.39. The lowest BCUT2D eigenvalue weighted by Crippen LogP contribution is -2.27. The predicted octanol–water partition coefficient (Wildman–Crippen LogP) is 4.77. The number of aromatic amines is 1. The Hall–Kier alpha value is -2.06. The Morgan fingerprint density at radius 2 is 1.70 bits per heavy atom. The lowest BCUT2D eigenvalue weighted by molar-refractivity contribution is 0.360. The molecule has 0 fully saturated rings. The molecule has 0 bridgehead atoms. The van der Waals surface area contributed by atoms with Gasteiger partial charge in [-0.3, -0.25) is 0 Å². The minimum Gasteiger partial charge on any atom is -0.361 e. The maximum Gasteiger partial charge on any atom is 0.0456 e. The average molecular weight is 306 g/mol. The third-order valence-corrected chi connectivity index (χ3v) is 4.68. The quantitative estimate of drug-likeness (QED) is 0.646. The van der Waals surface area contributed by atoms with E-state index in [9.17, 15) is 0 Å². The van der Waals surface area contributed by atoms with Gasteiger partial charge in [-0.05, 0) is 42.0 Å². The molecule has 23 heavy (non-hydrogen) atoms. The summed E-state index contributed by atoms with van der Waals surface area (Å²) >= 11 is 0. The largest absolute Gasteiger partial charge is 0.361 e. The first-order valence-electron chi connectivity index (χ1n) is 8.53. The molecule has 0 amide bonds. The molecule has 2 nitrogen and oxygen atoms in total. The Labute approximate surface area is 138 Å². The number of fused-ring (bicyclic) bond motifs is 1. The summed E-state index contributed by atoms with van der Waals surface area (Å²) in [6, 6.07) is 19.2. The highest BCUT2D eigenvalue weighted by molar-refractivity contribution is 5.83. The SMILES string of the molecule is CC(C)[C@@H](CNCc1ccccc1)Cc1c[nH]c2ccccc12. The van der Waals surface area contributed by atoms with E-state index in [2.05, 4.69) is 84.9 Å². The number of H-pyrrole nitrogens is 1. The van der Waals surface area contributed by atoms with Crippen molar-refractivity contribution in [3.8, 4) is 0 Å². The van der Waals surface area contributed by atoms with Gasteiger partial charge in [0.2, 0.25) is 0 Å². The van der Waals surface area contributed by atoms with Crippen LogP contribution in [0.15, 0.2) is 60.8 Å². The molecule has 0 unspecified atom stereocenters. The second kappa shape index (κ2) is 7.47. The number of para-hydroxylation sites is 1. The van der Waals surface area contributed by atoms with Gasteiger partial charge < -0.3 is 10.3 Å². The number of benzene rings is 2. The van der Waals surface area contributed by atoms with Crippen molar-refractivity contribution in [3.63, 3.8) is 0 Å². The topological polar surface area (TPSA) is 27.8 Å². The summed E-state index contributed by atoms with van der Waals surface area (Å²) in [5, 5.41) is 5.00. The van der Waals surface area contributed by atoms with Crippen LogP contribution in [0.2, 0.25) is 0 Å². The van der Waals surface area contributed by atoms with Crippen molar-refractivity contribution >= 4 is 10.9 Å². The number of hydrogen-bond donors (Lipinski definition) is 2. The van der Waals surface area contributed by atoms with Gasteiger partial charge in [0.15, 0.2) is 0 Å². The number of rotatable bonds is 7. The second-order valence-corrected chi connectivity index (χ2v) is 6.68. The molecule has 0 saturated heterocycles. The first kappa shape index (κ1) is 15.8. The molecule has 0 spiro atoms. The Morgan fingerprint density at radius 1 is 0.957 bits per heavy atom. The van der Waals surface area contributed by atoms with Gasteiger partial charge in [-0.2, -0.15) is 0 Å². The van der Waals surface area contributed by atoms with E-state index in [1.165, 1.54) is 22.0 Å². The molecule has 1 atom stereocenters.